The number of hydrogen-bond acceptors (Lipinski definition) is 4. The molecule has 7 heteroatoms. The number of pyridine rings is 1. The summed E-state index contributed by atoms with van der Waals surface area (Å²) in [5.41, 5.74) is 5.86. The molecule has 0 amide bonds. The van der Waals surface area contributed by atoms with E-state index in [0.717, 1.165) is 18.2 Å². The Bertz CT molecular complexity index is 776. The van der Waals surface area contributed by atoms with Gasteiger partial charge < -0.3 is 5.73 Å². The molecule has 0 bridgehead atoms. The van der Waals surface area contributed by atoms with Crippen molar-refractivity contribution in [2.75, 3.05) is 13.1 Å². The Morgan fingerprint density at radius 2 is 2.13 bits per heavy atom. The van der Waals surface area contributed by atoms with Crippen molar-refractivity contribution in [1.29, 1.82) is 0 Å². The van der Waals surface area contributed by atoms with Crippen LogP contribution in [0.1, 0.15) is 19.8 Å². The van der Waals surface area contributed by atoms with E-state index in [4.69, 9.17) is 5.73 Å². The van der Waals surface area contributed by atoms with E-state index in [1.807, 2.05) is 6.07 Å². The fraction of sp³-hybridized carbons (Fsp3) is 0.438. The summed E-state index contributed by atoms with van der Waals surface area (Å²) in [6, 6.07) is 6.94. The van der Waals surface area contributed by atoms with E-state index in [1.165, 1.54) is 0 Å². The molecular weight excluding hydrogens is 334 g/mol. The van der Waals surface area contributed by atoms with Crippen molar-refractivity contribution >= 4 is 33.2 Å². The zero-order valence-electron chi connectivity index (χ0n) is 13.1. The molecule has 2 atom stereocenters. The van der Waals surface area contributed by atoms with E-state index in [-0.39, 0.29) is 24.4 Å². The van der Waals surface area contributed by atoms with E-state index in [1.54, 1.807) is 34.9 Å². The summed E-state index contributed by atoms with van der Waals surface area (Å²) < 4.78 is 27.9. The molecule has 2 N–H and O–H groups in total. The topological polar surface area (TPSA) is 76.3 Å². The third-order valence-corrected chi connectivity index (χ3v) is 6.52. The second-order valence-corrected chi connectivity index (χ2v) is 7.75. The third-order valence-electron chi connectivity index (χ3n) is 4.53. The molecule has 0 aliphatic carbocycles. The minimum absolute atomic E-state index is 0. The van der Waals surface area contributed by atoms with Gasteiger partial charge in [0.25, 0.3) is 0 Å². The van der Waals surface area contributed by atoms with Crippen molar-refractivity contribution < 1.29 is 8.42 Å². The van der Waals surface area contributed by atoms with Crippen LogP contribution in [0.3, 0.4) is 0 Å². The highest BCUT2D eigenvalue weighted by Crippen LogP contribution is 2.31. The van der Waals surface area contributed by atoms with Crippen LogP contribution >= 0.6 is 12.4 Å². The maximum atomic E-state index is 13.2. The van der Waals surface area contributed by atoms with Crippen LogP contribution in [-0.2, 0) is 10.0 Å². The van der Waals surface area contributed by atoms with Gasteiger partial charge in [0.05, 0.1) is 4.90 Å². The number of nitrogens with zero attached hydrogens (tertiary/aromatic N) is 2. The number of fused-ring (bicyclic) bond motifs is 1. The van der Waals surface area contributed by atoms with Crippen molar-refractivity contribution in [1.82, 2.24) is 9.29 Å². The average molecular weight is 356 g/mol. The average Bonchev–Trinajstić information content (AvgIpc) is 2.54. The monoisotopic (exact) mass is 355 g/mol. The van der Waals surface area contributed by atoms with Crippen LogP contribution in [0.5, 0.6) is 0 Å². The van der Waals surface area contributed by atoms with Crippen molar-refractivity contribution in [3.8, 4) is 0 Å². The van der Waals surface area contributed by atoms with Crippen LogP contribution in [0.15, 0.2) is 41.6 Å². The summed E-state index contributed by atoms with van der Waals surface area (Å²) >= 11 is 0. The zero-order valence-corrected chi connectivity index (χ0v) is 14.7. The Balaban J connectivity index is 0.00000192. The molecule has 1 aromatic heterocycles. The largest absolute Gasteiger partial charge is 0.329 e. The summed E-state index contributed by atoms with van der Waals surface area (Å²) in [6.45, 7) is 2.97. The number of halogens is 1. The van der Waals surface area contributed by atoms with Crippen LogP contribution in [0.4, 0.5) is 0 Å². The van der Waals surface area contributed by atoms with Gasteiger partial charge in [-0.15, -0.1) is 12.4 Å². The van der Waals surface area contributed by atoms with Crippen molar-refractivity contribution in [3.05, 3.63) is 36.7 Å². The molecule has 2 unspecified atom stereocenters. The predicted molar refractivity (Wildman–Crippen MR) is 94.1 cm³/mol. The molecule has 126 valence electrons. The van der Waals surface area contributed by atoms with E-state index < -0.39 is 10.0 Å². The third kappa shape index (κ3) is 3.21. The molecule has 1 aromatic carbocycles. The lowest BCUT2D eigenvalue weighted by atomic mass is 9.93. The van der Waals surface area contributed by atoms with Gasteiger partial charge in [0, 0.05) is 42.3 Å². The standard InChI is InChI=1S/C16H21N3O2S.ClH/c1-12-4-3-9-19(15(12)10-17)22(20,21)16-6-2-5-13-11-18-8-7-14(13)16;/h2,5-8,11-12,15H,3-4,9-10,17H2,1H3;1H. The lowest BCUT2D eigenvalue weighted by molar-refractivity contribution is 0.192. The lowest BCUT2D eigenvalue weighted by Crippen LogP contribution is -2.51. The minimum Gasteiger partial charge on any atom is -0.329 e. The number of sulfonamides is 1. The molecule has 0 spiro atoms. The Labute approximate surface area is 143 Å². The smallest absolute Gasteiger partial charge is 0.243 e. The van der Waals surface area contributed by atoms with E-state index in [2.05, 4.69) is 11.9 Å². The first-order chi connectivity index (χ1) is 10.6. The minimum atomic E-state index is -3.56. The van der Waals surface area contributed by atoms with Crippen molar-refractivity contribution in [2.24, 2.45) is 11.7 Å². The number of benzene rings is 1. The van der Waals surface area contributed by atoms with Gasteiger partial charge in [-0.25, -0.2) is 8.42 Å². The van der Waals surface area contributed by atoms with E-state index in [9.17, 15) is 8.42 Å². The number of hydrogen-bond donors (Lipinski definition) is 1. The maximum absolute atomic E-state index is 13.2. The first-order valence-electron chi connectivity index (χ1n) is 7.60. The molecule has 3 rings (SSSR count). The van der Waals surface area contributed by atoms with Gasteiger partial charge in [0.15, 0.2) is 0 Å². The molecule has 2 aromatic rings. The normalized spacial score (nSPS) is 22.7. The molecular formula is C16H22ClN3O2S. The molecule has 5 nitrogen and oxygen atoms in total. The maximum Gasteiger partial charge on any atom is 0.243 e. The van der Waals surface area contributed by atoms with Gasteiger partial charge in [-0.1, -0.05) is 19.1 Å². The van der Waals surface area contributed by atoms with E-state index >= 15 is 0 Å². The predicted octanol–water partition coefficient (Wildman–Crippen LogP) is 2.40. The van der Waals surface area contributed by atoms with Crippen molar-refractivity contribution in [2.45, 2.75) is 30.7 Å². The summed E-state index contributed by atoms with van der Waals surface area (Å²) in [7, 11) is -3.56. The Morgan fingerprint density at radius 3 is 2.87 bits per heavy atom. The second-order valence-electron chi connectivity index (χ2n) is 5.89. The molecule has 1 saturated heterocycles. The molecule has 1 aliphatic rings. The van der Waals surface area contributed by atoms with Crippen LogP contribution < -0.4 is 5.73 Å². The van der Waals surface area contributed by atoms with E-state index in [0.29, 0.717) is 23.4 Å². The Kier molecular flexibility index (Phi) is 5.62. The van der Waals surface area contributed by atoms with Gasteiger partial charge >= 0.3 is 0 Å². The molecule has 0 radical (unpaired) electrons. The molecule has 1 fully saturated rings. The Morgan fingerprint density at radius 1 is 1.35 bits per heavy atom. The first kappa shape index (κ1) is 18.1. The van der Waals surface area contributed by atoms with Crippen LogP contribution in [0, 0.1) is 5.92 Å². The van der Waals surface area contributed by atoms with Gasteiger partial charge in [-0.3, -0.25) is 4.98 Å². The van der Waals surface area contributed by atoms with Crippen molar-refractivity contribution in [3.63, 3.8) is 0 Å². The lowest BCUT2D eigenvalue weighted by Gasteiger charge is -2.38. The van der Waals surface area contributed by atoms with Crippen LogP contribution in [0.2, 0.25) is 0 Å². The zero-order chi connectivity index (χ0) is 15.7. The summed E-state index contributed by atoms with van der Waals surface area (Å²) in [6.07, 6.45) is 5.21. The molecule has 2 heterocycles. The number of rotatable bonds is 3. The fourth-order valence-corrected chi connectivity index (χ4v) is 5.29. The fourth-order valence-electron chi connectivity index (χ4n) is 3.30. The number of piperidine rings is 1. The van der Waals surface area contributed by atoms with Gasteiger partial charge in [-0.2, -0.15) is 4.31 Å². The van der Waals surface area contributed by atoms with Crippen LogP contribution in [0.25, 0.3) is 10.8 Å². The molecule has 23 heavy (non-hydrogen) atoms. The quantitative estimate of drug-likeness (QED) is 0.917. The summed E-state index contributed by atoms with van der Waals surface area (Å²) in [5.74, 6) is 0.283. The van der Waals surface area contributed by atoms with Gasteiger partial charge in [-0.05, 0) is 30.9 Å². The highest BCUT2D eigenvalue weighted by Gasteiger charge is 2.36. The van der Waals surface area contributed by atoms with Crippen LogP contribution in [-0.4, -0.2) is 36.8 Å². The summed E-state index contributed by atoms with van der Waals surface area (Å²) in [4.78, 5) is 4.41. The molecule has 1 aliphatic heterocycles. The highest BCUT2D eigenvalue weighted by atomic mass is 35.5. The number of aromatic nitrogens is 1. The summed E-state index contributed by atoms with van der Waals surface area (Å²) in [5, 5.41) is 1.55. The van der Waals surface area contributed by atoms with Gasteiger partial charge in [0.2, 0.25) is 10.0 Å². The first-order valence-corrected chi connectivity index (χ1v) is 9.04. The second kappa shape index (κ2) is 7.13. The highest BCUT2D eigenvalue weighted by molar-refractivity contribution is 7.89. The Hall–Kier alpha value is -1.21. The SMILES string of the molecule is CC1CCCN(S(=O)(=O)c2cccc3cnccc23)C1CN.Cl. The molecule has 0 saturated carbocycles. The number of nitrogens with two attached hydrogens (primary N) is 1. The van der Waals surface area contributed by atoms with Gasteiger partial charge in [0.1, 0.15) is 0 Å².